The number of carbonyl (C=O) groups excluding carboxylic acids is 1. The lowest BCUT2D eigenvalue weighted by molar-refractivity contribution is 0.0792. The Bertz CT molecular complexity index is 679. The third-order valence-corrected chi connectivity index (χ3v) is 4.72. The van der Waals surface area contributed by atoms with Crippen molar-refractivity contribution in [3.8, 4) is 0 Å². The zero-order valence-electron chi connectivity index (χ0n) is 12.5. The van der Waals surface area contributed by atoms with Crippen LogP contribution in [0, 0.1) is 6.92 Å². The third-order valence-electron chi connectivity index (χ3n) is 3.83. The van der Waals surface area contributed by atoms with Gasteiger partial charge in [-0.2, -0.15) is 0 Å². The van der Waals surface area contributed by atoms with E-state index in [1.54, 1.807) is 6.20 Å². The molecule has 4 nitrogen and oxygen atoms in total. The standard InChI is InChI=1S/C17H18BrN3O/c1-12-10-14(5-6-15(12)18)20-16-7-4-13(11-19-16)17(22)21-8-2-3-9-21/h4-7,10-11H,2-3,8-9H2,1H3,(H,19,20). The summed E-state index contributed by atoms with van der Waals surface area (Å²) in [5.74, 6) is 0.815. The summed E-state index contributed by atoms with van der Waals surface area (Å²) in [7, 11) is 0. The van der Waals surface area contributed by atoms with Crippen molar-refractivity contribution in [2.24, 2.45) is 0 Å². The minimum Gasteiger partial charge on any atom is -0.340 e. The first-order chi connectivity index (χ1) is 10.6. The van der Waals surface area contributed by atoms with Crippen LogP contribution in [0.2, 0.25) is 0 Å². The maximum absolute atomic E-state index is 12.3. The number of nitrogens with zero attached hydrogens (tertiary/aromatic N) is 2. The monoisotopic (exact) mass is 359 g/mol. The van der Waals surface area contributed by atoms with E-state index in [9.17, 15) is 4.79 Å². The van der Waals surface area contributed by atoms with Crippen LogP contribution in [0.15, 0.2) is 41.0 Å². The van der Waals surface area contributed by atoms with E-state index in [4.69, 9.17) is 0 Å². The van der Waals surface area contributed by atoms with Crippen molar-refractivity contribution in [1.82, 2.24) is 9.88 Å². The molecule has 1 amide bonds. The van der Waals surface area contributed by atoms with Crippen molar-refractivity contribution < 1.29 is 4.79 Å². The Labute approximate surface area is 138 Å². The van der Waals surface area contributed by atoms with Gasteiger partial charge in [-0.05, 0) is 55.7 Å². The molecule has 114 valence electrons. The molecule has 1 aliphatic rings. The first kappa shape index (κ1) is 15.0. The molecule has 3 rings (SSSR count). The summed E-state index contributed by atoms with van der Waals surface area (Å²) in [6.07, 6.45) is 3.85. The molecule has 1 N–H and O–H groups in total. The number of carbonyl (C=O) groups is 1. The lowest BCUT2D eigenvalue weighted by atomic mass is 10.2. The van der Waals surface area contributed by atoms with E-state index in [1.807, 2.05) is 36.1 Å². The van der Waals surface area contributed by atoms with Crippen LogP contribution in [0.4, 0.5) is 11.5 Å². The molecule has 2 heterocycles. The van der Waals surface area contributed by atoms with Gasteiger partial charge in [0.15, 0.2) is 0 Å². The Morgan fingerprint density at radius 2 is 2.00 bits per heavy atom. The van der Waals surface area contributed by atoms with E-state index < -0.39 is 0 Å². The number of halogens is 1. The average molecular weight is 360 g/mol. The smallest absolute Gasteiger partial charge is 0.255 e. The molecule has 2 aromatic rings. The lowest BCUT2D eigenvalue weighted by Crippen LogP contribution is -2.27. The molecule has 0 atom stereocenters. The SMILES string of the molecule is Cc1cc(Nc2ccc(C(=O)N3CCCC3)cn2)ccc1Br. The van der Waals surface area contributed by atoms with E-state index in [1.165, 1.54) is 0 Å². The highest BCUT2D eigenvalue weighted by Gasteiger charge is 2.19. The Morgan fingerprint density at radius 1 is 1.23 bits per heavy atom. The zero-order valence-corrected chi connectivity index (χ0v) is 14.1. The molecule has 0 radical (unpaired) electrons. The summed E-state index contributed by atoms with van der Waals surface area (Å²) < 4.78 is 1.08. The van der Waals surface area contributed by atoms with Crippen molar-refractivity contribution in [2.75, 3.05) is 18.4 Å². The fourth-order valence-corrected chi connectivity index (χ4v) is 2.81. The highest BCUT2D eigenvalue weighted by atomic mass is 79.9. The Kier molecular flexibility index (Phi) is 4.43. The molecule has 0 spiro atoms. The Balaban J connectivity index is 1.70. The van der Waals surface area contributed by atoms with Gasteiger partial charge in [0.25, 0.3) is 5.91 Å². The summed E-state index contributed by atoms with van der Waals surface area (Å²) >= 11 is 3.49. The van der Waals surface area contributed by atoms with Crippen LogP contribution in [-0.2, 0) is 0 Å². The molecule has 1 aromatic carbocycles. The average Bonchev–Trinajstić information content (AvgIpc) is 3.05. The maximum atomic E-state index is 12.3. The number of likely N-dealkylation sites (tertiary alicyclic amines) is 1. The first-order valence-corrected chi connectivity index (χ1v) is 8.21. The van der Waals surface area contributed by atoms with Gasteiger partial charge in [-0.1, -0.05) is 15.9 Å². The summed E-state index contributed by atoms with van der Waals surface area (Å²) in [6, 6.07) is 9.72. The number of rotatable bonds is 3. The van der Waals surface area contributed by atoms with Crippen LogP contribution in [0.5, 0.6) is 0 Å². The van der Waals surface area contributed by atoms with Crippen molar-refractivity contribution >= 4 is 33.3 Å². The van der Waals surface area contributed by atoms with E-state index in [2.05, 4.69) is 32.3 Å². The predicted molar refractivity (Wildman–Crippen MR) is 91.5 cm³/mol. The van der Waals surface area contributed by atoms with Crippen LogP contribution in [-0.4, -0.2) is 28.9 Å². The van der Waals surface area contributed by atoms with Crippen molar-refractivity contribution in [3.05, 3.63) is 52.1 Å². The van der Waals surface area contributed by atoms with Gasteiger partial charge >= 0.3 is 0 Å². The fraction of sp³-hybridized carbons (Fsp3) is 0.294. The second-order valence-electron chi connectivity index (χ2n) is 5.52. The Morgan fingerprint density at radius 3 is 2.64 bits per heavy atom. The van der Waals surface area contributed by atoms with Crippen molar-refractivity contribution in [1.29, 1.82) is 0 Å². The molecule has 0 unspecified atom stereocenters. The molecule has 0 bridgehead atoms. The van der Waals surface area contributed by atoms with Gasteiger partial charge in [0.2, 0.25) is 0 Å². The summed E-state index contributed by atoms with van der Waals surface area (Å²) in [5.41, 5.74) is 2.79. The zero-order chi connectivity index (χ0) is 15.5. The molecule has 1 aromatic heterocycles. The van der Waals surface area contributed by atoms with Gasteiger partial charge in [0, 0.05) is 29.4 Å². The molecular formula is C17H18BrN3O. The minimum atomic E-state index is 0.0797. The number of anilines is 2. The number of benzene rings is 1. The summed E-state index contributed by atoms with van der Waals surface area (Å²) in [5, 5.41) is 3.25. The molecule has 0 saturated carbocycles. The number of pyridine rings is 1. The number of hydrogen-bond acceptors (Lipinski definition) is 3. The van der Waals surface area contributed by atoms with Gasteiger partial charge < -0.3 is 10.2 Å². The predicted octanol–water partition coefficient (Wildman–Crippen LogP) is 4.13. The molecule has 1 saturated heterocycles. The maximum Gasteiger partial charge on any atom is 0.255 e. The molecular weight excluding hydrogens is 342 g/mol. The molecule has 5 heteroatoms. The van der Waals surface area contributed by atoms with Gasteiger partial charge in [0.1, 0.15) is 5.82 Å². The molecule has 1 fully saturated rings. The highest BCUT2D eigenvalue weighted by Crippen LogP contribution is 2.22. The van der Waals surface area contributed by atoms with E-state index in [0.29, 0.717) is 5.56 Å². The van der Waals surface area contributed by atoms with Gasteiger partial charge in [-0.15, -0.1) is 0 Å². The van der Waals surface area contributed by atoms with Crippen molar-refractivity contribution in [3.63, 3.8) is 0 Å². The molecule has 1 aliphatic heterocycles. The Hall–Kier alpha value is -1.88. The summed E-state index contributed by atoms with van der Waals surface area (Å²) in [6.45, 7) is 3.76. The number of aryl methyl sites for hydroxylation is 1. The third kappa shape index (κ3) is 3.30. The van der Waals surface area contributed by atoms with E-state index in [-0.39, 0.29) is 5.91 Å². The number of nitrogens with one attached hydrogen (secondary N) is 1. The van der Waals surface area contributed by atoms with E-state index >= 15 is 0 Å². The largest absolute Gasteiger partial charge is 0.340 e. The van der Waals surface area contributed by atoms with Crippen LogP contribution in [0.1, 0.15) is 28.8 Å². The normalized spacial score (nSPS) is 14.2. The summed E-state index contributed by atoms with van der Waals surface area (Å²) in [4.78, 5) is 18.5. The van der Waals surface area contributed by atoms with E-state index in [0.717, 1.165) is 47.5 Å². The fourth-order valence-electron chi connectivity index (χ4n) is 2.57. The minimum absolute atomic E-state index is 0.0797. The van der Waals surface area contributed by atoms with Gasteiger partial charge in [-0.25, -0.2) is 4.98 Å². The second-order valence-corrected chi connectivity index (χ2v) is 6.37. The number of amides is 1. The number of hydrogen-bond donors (Lipinski definition) is 1. The first-order valence-electron chi connectivity index (χ1n) is 7.42. The quantitative estimate of drug-likeness (QED) is 0.895. The topological polar surface area (TPSA) is 45.2 Å². The van der Waals surface area contributed by atoms with Crippen LogP contribution in [0.25, 0.3) is 0 Å². The number of aromatic nitrogens is 1. The van der Waals surface area contributed by atoms with Crippen molar-refractivity contribution in [2.45, 2.75) is 19.8 Å². The van der Waals surface area contributed by atoms with Crippen LogP contribution in [0.3, 0.4) is 0 Å². The lowest BCUT2D eigenvalue weighted by Gasteiger charge is -2.15. The van der Waals surface area contributed by atoms with Gasteiger partial charge in [-0.3, -0.25) is 4.79 Å². The van der Waals surface area contributed by atoms with Gasteiger partial charge in [0.05, 0.1) is 5.56 Å². The molecule has 0 aliphatic carbocycles. The highest BCUT2D eigenvalue weighted by molar-refractivity contribution is 9.10. The second kappa shape index (κ2) is 6.48. The van der Waals surface area contributed by atoms with Crippen LogP contribution >= 0.6 is 15.9 Å². The molecule has 22 heavy (non-hydrogen) atoms. The van der Waals surface area contributed by atoms with Crippen LogP contribution < -0.4 is 5.32 Å².